The van der Waals surface area contributed by atoms with E-state index in [1.54, 1.807) is 10.9 Å². The summed E-state index contributed by atoms with van der Waals surface area (Å²) in [5, 5.41) is 9.73. The summed E-state index contributed by atoms with van der Waals surface area (Å²) in [5.41, 5.74) is 1.56. The van der Waals surface area contributed by atoms with Gasteiger partial charge in [-0.05, 0) is 20.3 Å². The highest BCUT2D eigenvalue weighted by Crippen LogP contribution is 2.10. The Morgan fingerprint density at radius 3 is 2.80 bits per heavy atom. The van der Waals surface area contributed by atoms with Crippen molar-refractivity contribution in [3.63, 3.8) is 0 Å². The first kappa shape index (κ1) is 11.6. The van der Waals surface area contributed by atoms with Crippen molar-refractivity contribution in [2.75, 3.05) is 5.32 Å². The summed E-state index contributed by atoms with van der Waals surface area (Å²) < 4.78 is 1.67. The van der Waals surface area contributed by atoms with Crippen LogP contribution >= 0.6 is 0 Å². The first-order chi connectivity index (χ1) is 7.02. The summed E-state index contributed by atoms with van der Waals surface area (Å²) in [6.07, 6.45) is 2.70. The number of carbonyl (C=O) groups is 1. The van der Waals surface area contributed by atoms with Gasteiger partial charge >= 0.3 is 6.03 Å². The third-order valence-corrected chi connectivity index (χ3v) is 2.25. The van der Waals surface area contributed by atoms with Gasteiger partial charge in [0.25, 0.3) is 0 Å². The molecule has 5 heteroatoms. The Morgan fingerprint density at radius 2 is 2.33 bits per heavy atom. The molecular weight excluding hydrogens is 192 g/mol. The summed E-state index contributed by atoms with van der Waals surface area (Å²) in [6, 6.07) is 0.00225. The van der Waals surface area contributed by atoms with Crippen LogP contribution in [0.5, 0.6) is 0 Å². The normalized spacial score (nSPS) is 12.3. The zero-order chi connectivity index (χ0) is 11.4. The standard InChI is InChI=1S/C10H18N4O/c1-5-7(2)11-10(15)12-9-6-14(4)13-8(9)3/h6-7H,5H2,1-4H3,(H2,11,12,15). The largest absolute Gasteiger partial charge is 0.335 e. The number of hydrogen-bond donors (Lipinski definition) is 2. The number of rotatable bonds is 3. The molecule has 5 nitrogen and oxygen atoms in total. The predicted molar refractivity (Wildman–Crippen MR) is 59.9 cm³/mol. The van der Waals surface area contributed by atoms with E-state index < -0.39 is 0 Å². The monoisotopic (exact) mass is 210 g/mol. The Bertz CT molecular complexity index is 345. The van der Waals surface area contributed by atoms with E-state index in [1.807, 2.05) is 27.8 Å². The fourth-order valence-corrected chi connectivity index (χ4v) is 1.21. The number of aromatic nitrogens is 2. The molecule has 1 atom stereocenters. The second-order valence-electron chi connectivity index (χ2n) is 3.71. The molecule has 0 aliphatic carbocycles. The molecule has 15 heavy (non-hydrogen) atoms. The van der Waals surface area contributed by atoms with Gasteiger partial charge in [0.15, 0.2) is 0 Å². The zero-order valence-electron chi connectivity index (χ0n) is 9.66. The predicted octanol–water partition coefficient (Wildman–Crippen LogP) is 1.65. The highest BCUT2D eigenvalue weighted by molar-refractivity contribution is 5.89. The Balaban J connectivity index is 2.55. The Kier molecular flexibility index (Phi) is 3.71. The van der Waals surface area contributed by atoms with E-state index in [2.05, 4.69) is 15.7 Å². The van der Waals surface area contributed by atoms with Crippen molar-refractivity contribution in [3.05, 3.63) is 11.9 Å². The summed E-state index contributed by atoms with van der Waals surface area (Å²) >= 11 is 0. The van der Waals surface area contributed by atoms with Crippen LogP contribution < -0.4 is 10.6 Å². The molecule has 1 aromatic rings. The van der Waals surface area contributed by atoms with Crippen LogP contribution in [-0.4, -0.2) is 21.9 Å². The highest BCUT2D eigenvalue weighted by atomic mass is 16.2. The molecule has 0 aliphatic rings. The fraction of sp³-hybridized carbons (Fsp3) is 0.600. The summed E-state index contributed by atoms with van der Waals surface area (Å²) in [6.45, 7) is 5.86. The molecule has 0 saturated heterocycles. The summed E-state index contributed by atoms with van der Waals surface area (Å²) in [7, 11) is 1.82. The van der Waals surface area contributed by atoms with Crippen LogP contribution in [0.2, 0.25) is 0 Å². The SMILES string of the molecule is CCC(C)NC(=O)Nc1cn(C)nc1C. The second kappa shape index (κ2) is 4.82. The maximum absolute atomic E-state index is 11.5. The Labute approximate surface area is 89.9 Å². The van der Waals surface area contributed by atoms with E-state index in [9.17, 15) is 4.79 Å². The van der Waals surface area contributed by atoms with Crippen LogP contribution in [0, 0.1) is 6.92 Å². The van der Waals surface area contributed by atoms with Crippen molar-refractivity contribution in [2.45, 2.75) is 33.2 Å². The molecule has 1 heterocycles. The number of hydrogen-bond acceptors (Lipinski definition) is 2. The number of nitrogens with one attached hydrogen (secondary N) is 2. The number of carbonyl (C=O) groups excluding carboxylic acids is 1. The van der Waals surface area contributed by atoms with Gasteiger partial charge < -0.3 is 10.6 Å². The van der Waals surface area contributed by atoms with E-state index in [4.69, 9.17) is 0 Å². The molecule has 0 spiro atoms. The molecule has 0 saturated carbocycles. The van der Waals surface area contributed by atoms with E-state index in [-0.39, 0.29) is 12.1 Å². The lowest BCUT2D eigenvalue weighted by molar-refractivity contribution is 0.249. The molecule has 0 radical (unpaired) electrons. The average molecular weight is 210 g/mol. The van der Waals surface area contributed by atoms with E-state index in [1.165, 1.54) is 0 Å². The van der Waals surface area contributed by atoms with Crippen LogP contribution in [0.4, 0.5) is 10.5 Å². The van der Waals surface area contributed by atoms with Gasteiger partial charge in [0.2, 0.25) is 0 Å². The van der Waals surface area contributed by atoms with Crippen molar-refractivity contribution in [1.82, 2.24) is 15.1 Å². The third kappa shape index (κ3) is 3.27. The van der Waals surface area contributed by atoms with Gasteiger partial charge in [-0.1, -0.05) is 6.92 Å². The molecule has 84 valence electrons. The van der Waals surface area contributed by atoms with Gasteiger partial charge in [0, 0.05) is 19.3 Å². The first-order valence-electron chi connectivity index (χ1n) is 5.10. The van der Waals surface area contributed by atoms with Gasteiger partial charge in [0.1, 0.15) is 0 Å². The van der Waals surface area contributed by atoms with Gasteiger partial charge in [-0.2, -0.15) is 5.10 Å². The molecule has 1 rings (SSSR count). The lowest BCUT2D eigenvalue weighted by Gasteiger charge is -2.11. The van der Waals surface area contributed by atoms with Crippen molar-refractivity contribution in [3.8, 4) is 0 Å². The maximum atomic E-state index is 11.5. The van der Waals surface area contributed by atoms with Crippen LogP contribution in [-0.2, 0) is 7.05 Å². The highest BCUT2D eigenvalue weighted by Gasteiger charge is 2.08. The molecule has 2 amide bonds. The minimum absolute atomic E-state index is 0.180. The third-order valence-electron chi connectivity index (χ3n) is 2.25. The second-order valence-corrected chi connectivity index (χ2v) is 3.71. The quantitative estimate of drug-likeness (QED) is 0.797. The molecule has 2 N–H and O–H groups in total. The molecule has 0 bridgehead atoms. The fourth-order valence-electron chi connectivity index (χ4n) is 1.21. The molecule has 0 fully saturated rings. The summed E-state index contributed by atoms with van der Waals surface area (Å²) in [4.78, 5) is 11.5. The Morgan fingerprint density at radius 1 is 1.67 bits per heavy atom. The minimum Gasteiger partial charge on any atom is -0.335 e. The molecule has 1 aromatic heterocycles. The van der Waals surface area contributed by atoms with Gasteiger partial charge in [-0.3, -0.25) is 4.68 Å². The van der Waals surface area contributed by atoms with E-state index in [0.29, 0.717) is 0 Å². The average Bonchev–Trinajstić information content (AvgIpc) is 2.44. The molecular formula is C10H18N4O. The van der Waals surface area contributed by atoms with Crippen molar-refractivity contribution in [2.24, 2.45) is 7.05 Å². The van der Waals surface area contributed by atoms with Crippen molar-refractivity contribution in [1.29, 1.82) is 0 Å². The zero-order valence-corrected chi connectivity index (χ0v) is 9.66. The van der Waals surface area contributed by atoms with Crippen LogP contribution in [0.1, 0.15) is 26.0 Å². The first-order valence-corrected chi connectivity index (χ1v) is 5.10. The van der Waals surface area contributed by atoms with Gasteiger partial charge in [-0.25, -0.2) is 4.79 Å². The Hall–Kier alpha value is -1.52. The summed E-state index contributed by atoms with van der Waals surface area (Å²) in [5.74, 6) is 0. The number of aryl methyl sites for hydroxylation is 2. The topological polar surface area (TPSA) is 59.0 Å². The number of anilines is 1. The number of nitrogens with zero attached hydrogens (tertiary/aromatic N) is 2. The smallest absolute Gasteiger partial charge is 0.319 e. The number of urea groups is 1. The molecule has 0 aromatic carbocycles. The minimum atomic E-state index is -0.180. The van der Waals surface area contributed by atoms with E-state index in [0.717, 1.165) is 17.8 Å². The van der Waals surface area contributed by atoms with Crippen LogP contribution in [0.15, 0.2) is 6.20 Å². The van der Waals surface area contributed by atoms with Gasteiger partial charge in [-0.15, -0.1) is 0 Å². The maximum Gasteiger partial charge on any atom is 0.319 e. The molecule has 1 unspecified atom stereocenters. The lowest BCUT2D eigenvalue weighted by atomic mass is 10.3. The van der Waals surface area contributed by atoms with Crippen molar-refractivity contribution < 1.29 is 4.79 Å². The van der Waals surface area contributed by atoms with Crippen LogP contribution in [0.25, 0.3) is 0 Å². The van der Waals surface area contributed by atoms with Crippen LogP contribution in [0.3, 0.4) is 0 Å². The van der Waals surface area contributed by atoms with Crippen molar-refractivity contribution >= 4 is 11.7 Å². The lowest BCUT2D eigenvalue weighted by Crippen LogP contribution is -2.35. The molecule has 0 aliphatic heterocycles. The van der Waals surface area contributed by atoms with Gasteiger partial charge in [0.05, 0.1) is 11.4 Å². The number of amides is 2. The van der Waals surface area contributed by atoms with E-state index >= 15 is 0 Å².